The van der Waals surface area contributed by atoms with Crippen LogP contribution in [0.15, 0.2) is 36.4 Å². The fourth-order valence-electron chi connectivity index (χ4n) is 4.54. The molecular formula is C25H30N2O5S. The molecule has 2 aliphatic rings. The summed E-state index contributed by atoms with van der Waals surface area (Å²) in [6.07, 6.45) is 3.46. The minimum Gasteiger partial charge on any atom is -0.477 e. The number of amides is 2. The normalized spacial score (nSPS) is 20.9. The third-order valence-corrected chi connectivity index (χ3v) is 7.71. The van der Waals surface area contributed by atoms with E-state index >= 15 is 0 Å². The standard InChI is InChI=1S/C25H30N2O5S/c1-17-7-9-19(10-8-17)24(29)27(16-22(28)26-11-13-32-14-12-26)20-15-21(33-23(20)25(30)31)18-5-3-2-4-6-18/h2-6,15,17,19H,7-14,16H2,1H3,(H,30,31)/t17-,19-. The number of hydrogen-bond acceptors (Lipinski definition) is 5. The maximum Gasteiger partial charge on any atom is 0.348 e. The number of carboxylic acids is 1. The molecular weight excluding hydrogens is 440 g/mol. The number of hydrogen-bond donors (Lipinski definition) is 1. The van der Waals surface area contributed by atoms with E-state index in [1.54, 1.807) is 11.0 Å². The number of thiophene rings is 1. The number of carbonyl (C=O) groups excluding carboxylic acids is 2. The van der Waals surface area contributed by atoms with E-state index in [0.29, 0.717) is 37.9 Å². The summed E-state index contributed by atoms with van der Waals surface area (Å²) in [4.78, 5) is 42.9. The van der Waals surface area contributed by atoms with Crippen LogP contribution in [-0.2, 0) is 14.3 Å². The van der Waals surface area contributed by atoms with Gasteiger partial charge in [-0.15, -0.1) is 11.3 Å². The van der Waals surface area contributed by atoms with Crippen molar-refractivity contribution in [2.45, 2.75) is 32.6 Å². The molecule has 2 amide bonds. The third kappa shape index (κ3) is 5.45. The molecule has 0 radical (unpaired) electrons. The minimum atomic E-state index is -1.09. The lowest BCUT2D eigenvalue weighted by Gasteiger charge is -2.33. The smallest absolute Gasteiger partial charge is 0.348 e. The van der Waals surface area contributed by atoms with Gasteiger partial charge in [-0.2, -0.15) is 0 Å². The number of nitrogens with zero attached hydrogens (tertiary/aromatic N) is 2. The van der Waals surface area contributed by atoms with Gasteiger partial charge in [0.15, 0.2) is 0 Å². The molecule has 4 rings (SSSR count). The van der Waals surface area contributed by atoms with Crippen LogP contribution < -0.4 is 4.90 Å². The molecule has 1 aliphatic carbocycles. The molecule has 8 heteroatoms. The first-order valence-electron chi connectivity index (χ1n) is 11.5. The van der Waals surface area contributed by atoms with Gasteiger partial charge in [-0.3, -0.25) is 9.59 Å². The second-order valence-electron chi connectivity index (χ2n) is 8.87. The molecule has 0 bridgehead atoms. The van der Waals surface area contributed by atoms with E-state index in [-0.39, 0.29) is 29.2 Å². The third-order valence-electron chi connectivity index (χ3n) is 6.54. The Morgan fingerprint density at radius 2 is 1.76 bits per heavy atom. The Morgan fingerprint density at radius 1 is 1.09 bits per heavy atom. The largest absolute Gasteiger partial charge is 0.477 e. The fraction of sp³-hybridized carbons (Fsp3) is 0.480. The van der Waals surface area contributed by atoms with Gasteiger partial charge in [0.25, 0.3) is 0 Å². The highest BCUT2D eigenvalue weighted by molar-refractivity contribution is 7.18. The Labute approximate surface area is 198 Å². The van der Waals surface area contributed by atoms with E-state index < -0.39 is 5.97 Å². The molecule has 0 unspecified atom stereocenters. The topological polar surface area (TPSA) is 87.2 Å². The quantitative estimate of drug-likeness (QED) is 0.686. The Bertz CT molecular complexity index is 991. The van der Waals surface area contributed by atoms with Crippen LogP contribution in [0.2, 0.25) is 0 Å². The number of carboxylic acid groups (broad SMARTS) is 1. The first-order valence-corrected chi connectivity index (χ1v) is 12.3. The molecule has 33 heavy (non-hydrogen) atoms. The van der Waals surface area contributed by atoms with Gasteiger partial charge in [0.2, 0.25) is 11.8 Å². The van der Waals surface area contributed by atoms with Crippen molar-refractivity contribution in [3.05, 3.63) is 41.3 Å². The molecule has 1 saturated heterocycles. The SMILES string of the molecule is C[C@H]1CC[C@H](C(=O)N(CC(=O)N2CCOCC2)c2cc(-c3ccccc3)sc2C(=O)O)CC1. The van der Waals surface area contributed by atoms with Crippen molar-refractivity contribution in [2.24, 2.45) is 11.8 Å². The molecule has 1 N–H and O–H groups in total. The van der Waals surface area contributed by atoms with E-state index in [1.807, 2.05) is 30.3 Å². The van der Waals surface area contributed by atoms with Gasteiger partial charge in [0, 0.05) is 23.9 Å². The number of morpholine rings is 1. The predicted molar refractivity (Wildman–Crippen MR) is 128 cm³/mol. The van der Waals surface area contributed by atoms with Crippen molar-refractivity contribution < 1.29 is 24.2 Å². The average Bonchev–Trinajstić information content (AvgIpc) is 3.29. The minimum absolute atomic E-state index is 0.0844. The van der Waals surface area contributed by atoms with Gasteiger partial charge >= 0.3 is 5.97 Å². The van der Waals surface area contributed by atoms with Crippen LogP contribution in [0.4, 0.5) is 5.69 Å². The molecule has 2 fully saturated rings. The van der Waals surface area contributed by atoms with E-state index in [9.17, 15) is 19.5 Å². The fourth-order valence-corrected chi connectivity index (χ4v) is 5.54. The molecule has 1 aromatic heterocycles. The first-order chi connectivity index (χ1) is 15.9. The van der Waals surface area contributed by atoms with Gasteiger partial charge in [-0.1, -0.05) is 37.3 Å². The van der Waals surface area contributed by atoms with Crippen LogP contribution in [0, 0.1) is 11.8 Å². The summed E-state index contributed by atoms with van der Waals surface area (Å²) in [6.45, 7) is 3.93. The predicted octanol–water partition coefficient (Wildman–Crippen LogP) is 4.13. The highest BCUT2D eigenvalue weighted by atomic mass is 32.1. The van der Waals surface area contributed by atoms with Crippen LogP contribution in [0.5, 0.6) is 0 Å². The second-order valence-corrected chi connectivity index (χ2v) is 9.92. The highest BCUT2D eigenvalue weighted by Crippen LogP contribution is 2.39. The van der Waals surface area contributed by atoms with E-state index in [4.69, 9.17) is 4.74 Å². The van der Waals surface area contributed by atoms with Crippen LogP contribution in [0.1, 0.15) is 42.3 Å². The molecule has 2 heterocycles. The van der Waals surface area contributed by atoms with Gasteiger partial charge in [-0.05, 0) is 43.2 Å². The summed E-state index contributed by atoms with van der Waals surface area (Å²) >= 11 is 1.14. The van der Waals surface area contributed by atoms with Crippen molar-refractivity contribution in [3.8, 4) is 10.4 Å². The van der Waals surface area contributed by atoms with Crippen LogP contribution in [0.3, 0.4) is 0 Å². The summed E-state index contributed by atoms with van der Waals surface area (Å²) in [6, 6.07) is 11.3. The first kappa shape index (κ1) is 23.4. The monoisotopic (exact) mass is 470 g/mol. The summed E-state index contributed by atoms with van der Waals surface area (Å²) in [7, 11) is 0. The number of benzene rings is 1. The van der Waals surface area contributed by atoms with Crippen LogP contribution >= 0.6 is 11.3 Å². The molecule has 1 saturated carbocycles. The average molecular weight is 471 g/mol. The van der Waals surface area contributed by atoms with E-state index in [2.05, 4.69) is 6.92 Å². The van der Waals surface area contributed by atoms with Crippen molar-refractivity contribution in [3.63, 3.8) is 0 Å². The summed E-state index contributed by atoms with van der Waals surface area (Å²) in [5.41, 5.74) is 1.20. The van der Waals surface area contributed by atoms with Gasteiger partial charge in [-0.25, -0.2) is 4.79 Å². The summed E-state index contributed by atoms with van der Waals surface area (Å²) in [5, 5.41) is 9.95. The summed E-state index contributed by atoms with van der Waals surface area (Å²) < 4.78 is 5.34. The second kappa shape index (κ2) is 10.5. The molecule has 7 nitrogen and oxygen atoms in total. The zero-order valence-electron chi connectivity index (χ0n) is 18.9. The maximum atomic E-state index is 13.7. The molecule has 176 valence electrons. The van der Waals surface area contributed by atoms with Gasteiger partial charge in [0.05, 0.1) is 18.9 Å². The zero-order valence-corrected chi connectivity index (χ0v) is 19.7. The lowest BCUT2D eigenvalue weighted by Crippen LogP contribution is -2.48. The molecule has 2 aromatic rings. The Balaban J connectivity index is 1.68. The van der Waals surface area contributed by atoms with Crippen LogP contribution in [0.25, 0.3) is 10.4 Å². The molecule has 1 aromatic carbocycles. The zero-order chi connectivity index (χ0) is 23.4. The van der Waals surface area contributed by atoms with Crippen molar-refractivity contribution in [2.75, 3.05) is 37.7 Å². The number of carbonyl (C=O) groups is 3. The lowest BCUT2D eigenvalue weighted by molar-refractivity contribution is -0.135. The summed E-state index contributed by atoms with van der Waals surface area (Å²) in [5.74, 6) is -1.03. The van der Waals surface area contributed by atoms with Crippen molar-refractivity contribution in [1.29, 1.82) is 0 Å². The Morgan fingerprint density at radius 3 is 2.39 bits per heavy atom. The van der Waals surface area contributed by atoms with Crippen molar-refractivity contribution >= 4 is 34.8 Å². The molecule has 0 spiro atoms. The number of rotatable bonds is 6. The van der Waals surface area contributed by atoms with Crippen LogP contribution in [-0.4, -0.2) is 60.6 Å². The van der Waals surface area contributed by atoms with E-state index in [1.165, 1.54) is 4.90 Å². The van der Waals surface area contributed by atoms with E-state index in [0.717, 1.165) is 47.5 Å². The van der Waals surface area contributed by atoms with Gasteiger partial charge in [0.1, 0.15) is 11.4 Å². The number of anilines is 1. The molecule has 1 aliphatic heterocycles. The molecule has 0 atom stereocenters. The number of aromatic carboxylic acids is 1. The lowest BCUT2D eigenvalue weighted by atomic mass is 9.82. The maximum absolute atomic E-state index is 13.7. The number of ether oxygens (including phenoxy) is 1. The Kier molecular flexibility index (Phi) is 7.45. The van der Waals surface area contributed by atoms with Gasteiger partial charge < -0.3 is 19.6 Å². The van der Waals surface area contributed by atoms with Crippen molar-refractivity contribution in [1.82, 2.24) is 4.90 Å². The Hall–Kier alpha value is -2.71. The highest BCUT2D eigenvalue weighted by Gasteiger charge is 2.34.